The van der Waals surface area contributed by atoms with E-state index in [0.717, 1.165) is 38.5 Å². The van der Waals surface area contributed by atoms with Crippen LogP contribution in [0.4, 0.5) is 0 Å². The molecule has 0 aromatic rings. The average molecular weight is 450 g/mol. The van der Waals surface area contributed by atoms with E-state index in [9.17, 15) is 14.7 Å². The molecule has 0 radical (unpaired) electrons. The SMILES string of the molecule is C[C@H](CCC(=O)O)[C@H]1CC[C@H]2[C@@H]3CC[C@@H]4C[C@H](OC(=O)CN)CC[C@]4(C)[C@H]3C[C@H](O)[C@]12C. The quantitative estimate of drug-likeness (QED) is 0.529. The van der Waals surface area contributed by atoms with E-state index in [-0.39, 0.29) is 42.0 Å². The number of carbonyl (C=O) groups excluding carboxylic acids is 1. The zero-order chi connectivity index (χ0) is 23.3. The fraction of sp³-hybridized carbons (Fsp3) is 0.923. The van der Waals surface area contributed by atoms with Crippen LogP contribution in [0.5, 0.6) is 0 Å². The highest BCUT2D eigenvalue weighted by Crippen LogP contribution is 2.68. The number of carboxylic acids is 1. The minimum atomic E-state index is -0.722. The summed E-state index contributed by atoms with van der Waals surface area (Å²) in [6.45, 7) is 6.89. The molecule has 0 saturated heterocycles. The van der Waals surface area contributed by atoms with Crippen LogP contribution in [0.1, 0.15) is 85.0 Å². The molecule has 0 aromatic heterocycles. The summed E-state index contributed by atoms with van der Waals surface area (Å²) in [6, 6.07) is 0. The molecule has 4 rings (SSSR count). The van der Waals surface area contributed by atoms with E-state index in [0.29, 0.717) is 41.9 Å². The van der Waals surface area contributed by atoms with Gasteiger partial charge in [0.15, 0.2) is 0 Å². The summed E-state index contributed by atoms with van der Waals surface area (Å²) in [7, 11) is 0. The van der Waals surface area contributed by atoms with E-state index in [1.54, 1.807) is 0 Å². The van der Waals surface area contributed by atoms with Gasteiger partial charge in [0, 0.05) is 6.42 Å². The Bertz CT molecular complexity index is 727. The number of carbonyl (C=O) groups is 2. The van der Waals surface area contributed by atoms with Crippen molar-refractivity contribution in [2.45, 2.75) is 97.2 Å². The molecule has 4 N–H and O–H groups in total. The van der Waals surface area contributed by atoms with Gasteiger partial charge in [-0.15, -0.1) is 0 Å². The standard InChI is InChI=1S/C26H43NO5/c1-15(4-9-23(29)30)19-7-8-20-18-6-5-16-12-17(32-24(31)14-27)10-11-25(16,2)21(18)13-22(28)26(19,20)3/h15-22,28H,4-14,27H2,1-3H3,(H,29,30)/t15-,16-,17-,18+,19-,20+,21+,22+,25+,26-/m1/s1. The number of esters is 1. The minimum absolute atomic E-state index is 0.00889. The van der Waals surface area contributed by atoms with Gasteiger partial charge in [-0.25, -0.2) is 0 Å². The fourth-order valence-corrected chi connectivity index (χ4v) is 9.04. The van der Waals surface area contributed by atoms with Crippen molar-refractivity contribution >= 4 is 11.9 Å². The van der Waals surface area contributed by atoms with Crippen molar-refractivity contribution in [3.63, 3.8) is 0 Å². The molecule has 0 aromatic carbocycles. The molecule has 0 aliphatic heterocycles. The predicted octanol–water partition coefficient (Wildman–Crippen LogP) is 3.99. The Hall–Kier alpha value is -1.14. The molecule has 32 heavy (non-hydrogen) atoms. The maximum absolute atomic E-state index is 11.7. The first-order chi connectivity index (χ1) is 15.1. The number of hydrogen-bond donors (Lipinski definition) is 3. The maximum atomic E-state index is 11.7. The third kappa shape index (κ3) is 3.89. The highest BCUT2D eigenvalue weighted by atomic mass is 16.5. The summed E-state index contributed by atoms with van der Waals surface area (Å²) in [5, 5.41) is 20.7. The monoisotopic (exact) mass is 449 g/mol. The molecule has 4 aliphatic carbocycles. The highest BCUT2D eigenvalue weighted by Gasteiger charge is 2.63. The van der Waals surface area contributed by atoms with Crippen molar-refractivity contribution in [2.24, 2.45) is 52.1 Å². The minimum Gasteiger partial charge on any atom is -0.481 e. The van der Waals surface area contributed by atoms with Crippen molar-refractivity contribution in [1.82, 2.24) is 0 Å². The molecule has 4 fully saturated rings. The first kappa shape index (κ1) is 24.0. The van der Waals surface area contributed by atoms with Crippen LogP contribution in [0.2, 0.25) is 0 Å². The maximum Gasteiger partial charge on any atom is 0.319 e. The molecule has 0 unspecified atom stereocenters. The Morgan fingerprint density at radius 1 is 1.09 bits per heavy atom. The van der Waals surface area contributed by atoms with Crippen LogP contribution in [0.3, 0.4) is 0 Å². The number of carboxylic acid groups (broad SMARTS) is 1. The Balaban J connectivity index is 1.50. The number of aliphatic carboxylic acids is 1. The van der Waals surface area contributed by atoms with Gasteiger partial charge in [-0.3, -0.25) is 9.59 Å². The Morgan fingerprint density at radius 3 is 2.53 bits per heavy atom. The van der Waals surface area contributed by atoms with Crippen LogP contribution in [0.15, 0.2) is 0 Å². The zero-order valence-corrected chi connectivity index (χ0v) is 20.1. The summed E-state index contributed by atoms with van der Waals surface area (Å²) >= 11 is 0. The average Bonchev–Trinajstić information content (AvgIpc) is 3.11. The van der Waals surface area contributed by atoms with Crippen molar-refractivity contribution in [2.75, 3.05) is 6.54 Å². The van der Waals surface area contributed by atoms with E-state index in [1.165, 1.54) is 12.8 Å². The smallest absolute Gasteiger partial charge is 0.319 e. The first-order valence-corrected chi connectivity index (χ1v) is 12.9. The van der Waals surface area contributed by atoms with Gasteiger partial charge in [0.2, 0.25) is 0 Å². The van der Waals surface area contributed by atoms with Gasteiger partial charge < -0.3 is 20.7 Å². The van der Waals surface area contributed by atoms with Crippen LogP contribution < -0.4 is 5.73 Å². The number of hydrogen-bond acceptors (Lipinski definition) is 5. The molecule has 6 heteroatoms. The van der Waals surface area contributed by atoms with Gasteiger partial charge in [0.25, 0.3) is 0 Å². The van der Waals surface area contributed by atoms with Crippen LogP contribution in [-0.2, 0) is 14.3 Å². The molecule has 0 spiro atoms. The Kier molecular flexibility index (Phi) is 6.68. The lowest BCUT2D eigenvalue weighted by Gasteiger charge is -2.62. The Morgan fingerprint density at radius 2 is 1.84 bits per heavy atom. The van der Waals surface area contributed by atoms with Gasteiger partial charge in [-0.2, -0.15) is 0 Å². The highest BCUT2D eigenvalue weighted by molar-refractivity contribution is 5.71. The van der Waals surface area contributed by atoms with Crippen LogP contribution >= 0.6 is 0 Å². The number of ether oxygens (including phenoxy) is 1. The van der Waals surface area contributed by atoms with Crippen molar-refractivity contribution in [3.05, 3.63) is 0 Å². The number of aliphatic hydroxyl groups is 1. The molecular formula is C26H43NO5. The number of nitrogens with two attached hydrogens (primary N) is 1. The van der Waals surface area contributed by atoms with Gasteiger partial charge in [0.1, 0.15) is 6.10 Å². The van der Waals surface area contributed by atoms with Gasteiger partial charge in [-0.05, 0) is 104 Å². The first-order valence-electron chi connectivity index (χ1n) is 12.9. The van der Waals surface area contributed by atoms with E-state index >= 15 is 0 Å². The molecule has 4 saturated carbocycles. The van der Waals surface area contributed by atoms with Crippen LogP contribution in [0.25, 0.3) is 0 Å². The molecule has 10 atom stereocenters. The second-order valence-corrected chi connectivity index (χ2v) is 12.0. The summed E-state index contributed by atoms with van der Waals surface area (Å²) in [4.78, 5) is 22.8. The summed E-state index contributed by atoms with van der Waals surface area (Å²) in [6.07, 6.45) is 8.98. The molecular weight excluding hydrogens is 406 g/mol. The lowest BCUT2D eigenvalue weighted by atomic mass is 9.43. The summed E-state index contributed by atoms with van der Waals surface area (Å²) in [5.74, 6) is 1.94. The third-order valence-corrected chi connectivity index (χ3v) is 10.8. The number of fused-ring (bicyclic) bond motifs is 5. The topological polar surface area (TPSA) is 110 Å². The molecule has 4 aliphatic rings. The lowest BCUT2D eigenvalue weighted by Crippen LogP contribution is -2.59. The van der Waals surface area contributed by atoms with Gasteiger partial charge >= 0.3 is 11.9 Å². The Labute approximate surface area is 192 Å². The van der Waals surface area contributed by atoms with E-state index in [2.05, 4.69) is 20.8 Å². The second-order valence-electron chi connectivity index (χ2n) is 12.0. The van der Waals surface area contributed by atoms with Crippen molar-refractivity contribution < 1.29 is 24.5 Å². The molecule has 182 valence electrons. The number of aliphatic hydroxyl groups excluding tert-OH is 1. The lowest BCUT2D eigenvalue weighted by molar-refractivity contribution is -0.181. The summed E-state index contributed by atoms with van der Waals surface area (Å²) in [5.41, 5.74) is 5.54. The van der Waals surface area contributed by atoms with Crippen molar-refractivity contribution in [1.29, 1.82) is 0 Å². The molecule has 6 nitrogen and oxygen atoms in total. The summed E-state index contributed by atoms with van der Waals surface area (Å²) < 4.78 is 5.60. The van der Waals surface area contributed by atoms with Crippen LogP contribution in [-0.4, -0.2) is 40.9 Å². The van der Waals surface area contributed by atoms with E-state index in [1.807, 2.05) is 0 Å². The van der Waals surface area contributed by atoms with Gasteiger partial charge in [-0.1, -0.05) is 20.8 Å². The zero-order valence-electron chi connectivity index (χ0n) is 20.1. The van der Waals surface area contributed by atoms with E-state index in [4.69, 9.17) is 15.6 Å². The molecule has 0 heterocycles. The largest absolute Gasteiger partial charge is 0.481 e. The predicted molar refractivity (Wildman–Crippen MR) is 122 cm³/mol. The number of rotatable bonds is 6. The fourth-order valence-electron chi connectivity index (χ4n) is 9.04. The van der Waals surface area contributed by atoms with Gasteiger partial charge in [0.05, 0.1) is 12.6 Å². The van der Waals surface area contributed by atoms with Crippen LogP contribution in [0, 0.1) is 46.3 Å². The second kappa shape index (κ2) is 8.90. The van der Waals surface area contributed by atoms with Crippen molar-refractivity contribution in [3.8, 4) is 0 Å². The molecule has 0 amide bonds. The normalized spacial score (nSPS) is 46.5. The third-order valence-electron chi connectivity index (χ3n) is 10.8. The van der Waals surface area contributed by atoms with E-state index < -0.39 is 5.97 Å². The molecule has 0 bridgehead atoms.